The zero-order chi connectivity index (χ0) is 19.2. The number of hydrogen-bond acceptors (Lipinski definition) is 3. The van der Waals surface area contributed by atoms with Crippen molar-refractivity contribution >= 4 is 11.9 Å². The molecule has 140 valence electrons. The first kappa shape index (κ1) is 19.9. The first-order chi connectivity index (χ1) is 12.3. The molecule has 2 aliphatic carbocycles. The lowest BCUT2D eigenvalue weighted by atomic mass is 9.80. The molecular formula is C21H26O5. The Balaban J connectivity index is 0.000000187. The Hall–Kier alpha value is -2.40. The zero-order valence-electron chi connectivity index (χ0n) is 15.0. The second-order valence-electron chi connectivity index (χ2n) is 7.21. The van der Waals surface area contributed by atoms with E-state index in [1.807, 2.05) is 30.3 Å². The molecule has 0 aliphatic heterocycles. The molecule has 3 N–H and O–H groups in total. The van der Waals surface area contributed by atoms with E-state index >= 15 is 0 Å². The van der Waals surface area contributed by atoms with Gasteiger partial charge in [-0.1, -0.05) is 67.8 Å². The summed E-state index contributed by atoms with van der Waals surface area (Å²) in [4.78, 5) is 21.3. The summed E-state index contributed by atoms with van der Waals surface area (Å²) in [6, 6.07) is 10.1. The van der Waals surface area contributed by atoms with Crippen LogP contribution in [0.5, 0.6) is 0 Å². The summed E-state index contributed by atoms with van der Waals surface area (Å²) in [6.07, 6.45) is 9.88. The summed E-state index contributed by atoms with van der Waals surface area (Å²) < 4.78 is 0. The van der Waals surface area contributed by atoms with Crippen molar-refractivity contribution in [3.8, 4) is 0 Å². The first-order valence-corrected chi connectivity index (χ1v) is 8.90. The molecule has 0 amide bonds. The van der Waals surface area contributed by atoms with Gasteiger partial charge in [-0.2, -0.15) is 0 Å². The molecule has 1 fully saturated rings. The minimum absolute atomic E-state index is 0.0359. The zero-order valence-corrected chi connectivity index (χ0v) is 15.0. The Bertz CT molecular complexity index is 698. The Kier molecular flexibility index (Phi) is 6.37. The van der Waals surface area contributed by atoms with Crippen LogP contribution in [0.25, 0.3) is 0 Å². The van der Waals surface area contributed by atoms with E-state index in [0.29, 0.717) is 0 Å². The molecule has 5 nitrogen and oxygen atoms in total. The molecule has 0 aromatic heterocycles. The van der Waals surface area contributed by atoms with E-state index in [1.54, 1.807) is 0 Å². The van der Waals surface area contributed by atoms with Crippen molar-refractivity contribution in [2.24, 2.45) is 5.41 Å². The van der Waals surface area contributed by atoms with Gasteiger partial charge in [-0.15, -0.1) is 0 Å². The number of benzene rings is 1. The minimum Gasteiger partial charge on any atom is -0.481 e. The van der Waals surface area contributed by atoms with Crippen LogP contribution in [0.4, 0.5) is 0 Å². The average Bonchev–Trinajstić information content (AvgIpc) is 2.63. The normalized spacial score (nSPS) is 24.0. The van der Waals surface area contributed by atoms with Crippen LogP contribution in [0.15, 0.2) is 54.1 Å². The van der Waals surface area contributed by atoms with Crippen LogP contribution in [0.2, 0.25) is 0 Å². The molecule has 26 heavy (non-hydrogen) atoms. The molecule has 0 spiro atoms. The highest BCUT2D eigenvalue weighted by Crippen LogP contribution is 2.36. The Morgan fingerprint density at radius 3 is 2.15 bits per heavy atom. The van der Waals surface area contributed by atoms with Gasteiger partial charge in [0.05, 0.1) is 11.0 Å². The molecule has 1 saturated carbocycles. The van der Waals surface area contributed by atoms with Gasteiger partial charge < -0.3 is 15.3 Å². The third-order valence-corrected chi connectivity index (χ3v) is 5.07. The van der Waals surface area contributed by atoms with Crippen LogP contribution in [-0.2, 0) is 15.2 Å². The fourth-order valence-corrected chi connectivity index (χ4v) is 3.36. The topological polar surface area (TPSA) is 94.8 Å². The highest BCUT2D eigenvalue weighted by atomic mass is 16.4. The Morgan fingerprint density at radius 2 is 1.62 bits per heavy atom. The lowest BCUT2D eigenvalue weighted by Crippen LogP contribution is -2.28. The van der Waals surface area contributed by atoms with Crippen molar-refractivity contribution in [1.29, 1.82) is 0 Å². The van der Waals surface area contributed by atoms with E-state index in [9.17, 15) is 14.7 Å². The van der Waals surface area contributed by atoms with Gasteiger partial charge in [0, 0.05) is 5.57 Å². The van der Waals surface area contributed by atoms with Crippen LogP contribution < -0.4 is 0 Å². The monoisotopic (exact) mass is 358 g/mol. The fraction of sp³-hybridized carbons (Fsp3) is 0.429. The lowest BCUT2D eigenvalue weighted by molar-refractivity contribution is -0.145. The van der Waals surface area contributed by atoms with Gasteiger partial charge in [-0.3, -0.25) is 4.79 Å². The van der Waals surface area contributed by atoms with E-state index in [1.165, 1.54) is 31.6 Å². The van der Waals surface area contributed by atoms with Crippen LogP contribution in [0.3, 0.4) is 0 Å². The number of carbonyl (C=O) groups is 2. The van der Waals surface area contributed by atoms with Gasteiger partial charge in [0.1, 0.15) is 0 Å². The number of aliphatic hydroxyl groups is 1. The lowest BCUT2D eigenvalue weighted by Gasteiger charge is -2.32. The Morgan fingerprint density at radius 1 is 1.00 bits per heavy atom. The van der Waals surface area contributed by atoms with Crippen LogP contribution in [-0.4, -0.2) is 27.3 Å². The third-order valence-electron chi connectivity index (χ3n) is 5.07. The first-order valence-electron chi connectivity index (χ1n) is 8.90. The maximum absolute atomic E-state index is 10.8. The van der Waals surface area contributed by atoms with Crippen molar-refractivity contribution in [2.75, 3.05) is 0 Å². The van der Waals surface area contributed by atoms with Crippen molar-refractivity contribution in [3.05, 3.63) is 59.7 Å². The number of hydrogen-bond donors (Lipinski definition) is 3. The predicted molar refractivity (Wildman–Crippen MR) is 98.6 cm³/mol. The molecular weight excluding hydrogens is 332 g/mol. The SMILES string of the molecule is CC1(C(=O)O)C=CC=C(C(=O)O)C1.OC1(c2ccccc2)CCCCC1. The van der Waals surface area contributed by atoms with E-state index in [2.05, 4.69) is 0 Å². The van der Waals surface area contributed by atoms with Crippen molar-refractivity contribution in [2.45, 2.75) is 51.0 Å². The number of allylic oxidation sites excluding steroid dienone is 2. The van der Waals surface area contributed by atoms with Gasteiger partial charge in [-0.25, -0.2) is 4.79 Å². The highest BCUT2D eigenvalue weighted by Gasteiger charge is 2.34. The van der Waals surface area contributed by atoms with Gasteiger partial charge in [0.2, 0.25) is 0 Å². The van der Waals surface area contributed by atoms with Gasteiger partial charge in [0.15, 0.2) is 0 Å². The second kappa shape index (κ2) is 8.32. The summed E-state index contributed by atoms with van der Waals surface area (Å²) in [6.45, 7) is 1.50. The molecule has 1 atom stereocenters. The minimum atomic E-state index is -1.08. The maximum atomic E-state index is 10.8. The van der Waals surface area contributed by atoms with E-state index in [4.69, 9.17) is 10.2 Å². The predicted octanol–water partition coefficient (Wildman–Crippen LogP) is 3.89. The molecule has 0 bridgehead atoms. The molecule has 0 heterocycles. The molecule has 5 heteroatoms. The Labute approximate surface area is 153 Å². The number of rotatable bonds is 3. The number of carboxylic acids is 2. The molecule has 0 radical (unpaired) electrons. The van der Waals surface area contributed by atoms with Crippen molar-refractivity contribution in [1.82, 2.24) is 0 Å². The fourth-order valence-electron chi connectivity index (χ4n) is 3.36. The van der Waals surface area contributed by atoms with E-state index < -0.39 is 23.0 Å². The standard InChI is InChI=1S/C12H16O.C9H10O4/c13-12(9-5-2-6-10-12)11-7-3-1-4-8-11;1-9(8(12)13)4-2-3-6(5-9)7(10)11/h1,3-4,7-8,13H,2,5-6,9-10H2;2-4H,5H2,1H3,(H,10,11)(H,12,13). The number of aliphatic carboxylic acids is 2. The van der Waals surface area contributed by atoms with Crippen LogP contribution in [0, 0.1) is 5.41 Å². The molecule has 2 aliphatic rings. The molecule has 1 aromatic carbocycles. The van der Waals surface area contributed by atoms with Gasteiger partial charge in [0.25, 0.3) is 0 Å². The van der Waals surface area contributed by atoms with Crippen molar-refractivity contribution in [3.63, 3.8) is 0 Å². The quantitative estimate of drug-likeness (QED) is 0.762. The summed E-state index contributed by atoms with van der Waals surface area (Å²) in [7, 11) is 0. The largest absolute Gasteiger partial charge is 0.481 e. The van der Waals surface area contributed by atoms with E-state index in [-0.39, 0.29) is 12.0 Å². The van der Waals surface area contributed by atoms with Gasteiger partial charge >= 0.3 is 11.9 Å². The van der Waals surface area contributed by atoms with Crippen LogP contribution >= 0.6 is 0 Å². The molecule has 3 rings (SSSR count). The highest BCUT2D eigenvalue weighted by molar-refractivity contribution is 5.90. The smallest absolute Gasteiger partial charge is 0.331 e. The summed E-state index contributed by atoms with van der Waals surface area (Å²) >= 11 is 0. The summed E-state index contributed by atoms with van der Waals surface area (Å²) in [5.74, 6) is -2.06. The summed E-state index contributed by atoms with van der Waals surface area (Å²) in [5.41, 5.74) is -0.385. The maximum Gasteiger partial charge on any atom is 0.331 e. The molecule has 0 saturated heterocycles. The third kappa shape index (κ3) is 4.82. The van der Waals surface area contributed by atoms with E-state index in [0.717, 1.165) is 31.2 Å². The van der Waals surface area contributed by atoms with Crippen LogP contribution in [0.1, 0.15) is 51.0 Å². The molecule has 1 unspecified atom stereocenters. The number of carboxylic acid groups (broad SMARTS) is 2. The second-order valence-corrected chi connectivity index (χ2v) is 7.21. The van der Waals surface area contributed by atoms with Gasteiger partial charge in [-0.05, 0) is 31.7 Å². The van der Waals surface area contributed by atoms with Crippen molar-refractivity contribution < 1.29 is 24.9 Å². The summed E-state index contributed by atoms with van der Waals surface area (Å²) in [5, 5.41) is 27.8. The average molecular weight is 358 g/mol. The molecule has 1 aromatic rings.